The molecule has 6 heteroatoms. The Kier molecular flexibility index (Phi) is 3.47. The number of urea groups is 1. The maximum atomic E-state index is 12.7. The second kappa shape index (κ2) is 5.29. The molecule has 0 bridgehead atoms. The minimum atomic E-state index is -0.608. The number of hydrogen-bond donors (Lipinski definition) is 0. The Bertz CT molecular complexity index is 705. The monoisotopic (exact) mass is 345 g/mol. The van der Waals surface area contributed by atoms with Gasteiger partial charge in [-0.3, -0.25) is 9.78 Å². The zero-order valence-corrected chi connectivity index (χ0v) is 12.8. The smallest absolute Gasteiger partial charge is 0.311 e. The molecule has 0 N–H and O–H groups in total. The third-order valence-corrected chi connectivity index (χ3v) is 3.91. The van der Waals surface area contributed by atoms with E-state index in [1.54, 1.807) is 31.6 Å². The van der Waals surface area contributed by atoms with Crippen molar-refractivity contribution in [2.75, 3.05) is 11.9 Å². The Hall–Kier alpha value is -2.21. The molecule has 3 amide bonds. The molecule has 3 rings (SSSR count). The first-order chi connectivity index (χ1) is 10.1. The van der Waals surface area contributed by atoms with Gasteiger partial charge in [-0.1, -0.05) is 28.1 Å². The van der Waals surface area contributed by atoms with Crippen LogP contribution in [0, 0.1) is 0 Å². The maximum Gasteiger partial charge on any atom is 0.332 e. The number of nitrogens with zero attached hydrogens (tertiary/aromatic N) is 3. The number of amides is 3. The van der Waals surface area contributed by atoms with Gasteiger partial charge in [0.2, 0.25) is 0 Å². The van der Waals surface area contributed by atoms with Crippen molar-refractivity contribution in [3.63, 3.8) is 0 Å². The number of carbonyl (C=O) groups excluding carboxylic acids is 2. The standard InChI is InChI=1S/C15H12BrN3O2/c1-18-13(10-3-2-4-11(16)9-10)14(20)19(15(18)21)12-5-7-17-8-6-12/h2-9,13H,1H3/t13-/m0/s1. The summed E-state index contributed by atoms with van der Waals surface area (Å²) in [6, 6.07) is 9.76. The zero-order chi connectivity index (χ0) is 15.0. The maximum absolute atomic E-state index is 12.7. The van der Waals surface area contributed by atoms with Gasteiger partial charge in [0.25, 0.3) is 5.91 Å². The Morgan fingerprint density at radius 3 is 2.52 bits per heavy atom. The first-order valence-corrected chi connectivity index (χ1v) is 7.15. The molecule has 2 aromatic rings. The lowest BCUT2D eigenvalue weighted by Gasteiger charge is -2.16. The first-order valence-electron chi connectivity index (χ1n) is 6.36. The summed E-state index contributed by atoms with van der Waals surface area (Å²) >= 11 is 3.39. The Morgan fingerprint density at radius 2 is 1.86 bits per heavy atom. The van der Waals surface area contributed by atoms with E-state index >= 15 is 0 Å². The first kappa shape index (κ1) is 13.8. The van der Waals surface area contributed by atoms with Crippen molar-refractivity contribution in [3.8, 4) is 0 Å². The van der Waals surface area contributed by atoms with Crippen LogP contribution in [0.4, 0.5) is 10.5 Å². The zero-order valence-electron chi connectivity index (χ0n) is 11.2. The number of anilines is 1. The van der Waals surface area contributed by atoms with E-state index in [4.69, 9.17) is 0 Å². The fourth-order valence-corrected chi connectivity index (χ4v) is 2.84. The molecule has 1 aromatic heterocycles. The molecule has 1 atom stereocenters. The normalized spacial score (nSPS) is 18.5. The number of carbonyl (C=O) groups is 2. The quantitative estimate of drug-likeness (QED) is 0.786. The summed E-state index contributed by atoms with van der Waals surface area (Å²) in [5, 5.41) is 0. The molecule has 106 valence electrons. The van der Waals surface area contributed by atoms with E-state index in [0.717, 1.165) is 10.0 Å². The summed E-state index contributed by atoms with van der Waals surface area (Å²) in [4.78, 5) is 31.6. The highest BCUT2D eigenvalue weighted by Gasteiger charge is 2.44. The Morgan fingerprint density at radius 1 is 1.14 bits per heavy atom. The van der Waals surface area contributed by atoms with Crippen molar-refractivity contribution < 1.29 is 9.59 Å². The van der Waals surface area contributed by atoms with Crippen LogP contribution in [0.3, 0.4) is 0 Å². The van der Waals surface area contributed by atoms with Crippen molar-refractivity contribution >= 4 is 33.6 Å². The SMILES string of the molecule is CN1C(=O)N(c2ccncc2)C(=O)[C@@H]1c1cccc(Br)c1. The van der Waals surface area contributed by atoms with Gasteiger partial charge in [0.1, 0.15) is 6.04 Å². The van der Waals surface area contributed by atoms with Crippen LogP contribution in [0.1, 0.15) is 11.6 Å². The number of imide groups is 1. The van der Waals surface area contributed by atoms with Crippen molar-refractivity contribution in [2.45, 2.75) is 6.04 Å². The van der Waals surface area contributed by atoms with Crippen LogP contribution in [0.5, 0.6) is 0 Å². The molecule has 1 aromatic carbocycles. The molecule has 21 heavy (non-hydrogen) atoms. The van der Waals surface area contributed by atoms with E-state index in [0.29, 0.717) is 5.69 Å². The van der Waals surface area contributed by atoms with Gasteiger partial charge in [0.05, 0.1) is 5.69 Å². The fourth-order valence-electron chi connectivity index (χ4n) is 2.42. The number of benzene rings is 1. The number of rotatable bonds is 2. The van der Waals surface area contributed by atoms with Gasteiger partial charge in [-0.2, -0.15) is 0 Å². The van der Waals surface area contributed by atoms with Gasteiger partial charge >= 0.3 is 6.03 Å². The van der Waals surface area contributed by atoms with Crippen LogP contribution < -0.4 is 4.90 Å². The lowest BCUT2D eigenvalue weighted by molar-refractivity contribution is -0.119. The number of hydrogen-bond acceptors (Lipinski definition) is 3. The average Bonchev–Trinajstić information content (AvgIpc) is 2.70. The molecule has 0 spiro atoms. The van der Waals surface area contributed by atoms with Gasteiger partial charge < -0.3 is 4.90 Å². The Labute approximate surface area is 130 Å². The minimum Gasteiger partial charge on any atom is -0.311 e. The molecule has 0 radical (unpaired) electrons. The fraction of sp³-hybridized carbons (Fsp3) is 0.133. The number of likely N-dealkylation sites (N-methyl/N-ethyl adjacent to an activating group) is 1. The predicted molar refractivity (Wildman–Crippen MR) is 81.8 cm³/mol. The topological polar surface area (TPSA) is 53.5 Å². The summed E-state index contributed by atoms with van der Waals surface area (Å²) in [5.41, 5.74) is 1.31. The lowest BCUT2D eigenvalue weighted by Crippen LogP contribution is -2.31. The third kappa shape index (κ3) is 2.31. The highest BCUT2D eigenvalue weighted by Crippen LogP contribution is 2.33. The molecule has 0 unspecified atom stereocenters. The summed E-state index contributed by atoms with van der Waals surface area (Å²) in [6.45, 7) is 0. The number of aromatic nitrogens is 1. The van der Waals surface area contributed by atoms with Gasteiger partial charge in [-0.25, -0.2) is 9.69 Å². The molecular formula is C15H12BrN3O2. The summed E-state index contributed by atoms with van der Waals surface area (Å²) in [7, 11) is 1.63. The van der Waals surface area contributed by atoms with Gasteiger partial charge in [-0.15, -0.1) is 0 Å². The summed E-state index contributed by atoms with van der Waals surface area (Å²) < 4.78 is 0.871. The largest absolute Gasteiger partial charge is 0.332 e. The second-order valence-corrected chi connectivity index (χ2v) is 5.65. The van der Waals surface area contributed by atoms with E-state index in [9.17, 15) is 9.59 Å². The highest BCUT2D eigenvalue weighted by atomic mass is 79.9. The average molecular weight is 346 g/mol. The third-order valence-electron chi connectivity index (χ3n) is 3.42. The predicted octanol–water partition coefficient (Wildman–Crippen LogP) is 2.98. The summed E-state index contributed by atoms with van der Waals surface area (Å²) in [5.74, 6) is -0.258. The molecule has 0 aliphatic carbocycles. The van der Waals surface area contributed by atoms with Crippen molar-refractivity contribution in [3.05, 3.63) is 58.8 Å². The minimum absolute atomic E-state index is 0.258. The van der Waals surface area contributed by atoms with Crippen LogP contribution in [-0.2, 0) is 4.79 Å². The van der Waals surface area contributed by atoms with E-state index in [-0.39, 0.29) is 11.9 Å². The van der Waals surface area contributed by atoms with E-state index in [1.165, 1.54) is 9.80 Å². The van der Waals surface area contributed by atoms with Gasteiger partial charge in [0, 0.05) is 23.9 Å². The Balaban J connectivity index is 2.02. The van der Waals surface area contributed by atoms with Gasteiger partial charge in [-0.05, 0) is 29.8 Å². The summed E-state index contributed by atoms with van der Waals surface area (Å²) in [6.07, 6.45) is 3.12. The van der Waals surface area contributed by atoms with Crippen molar-refractivity contribution in [1.29, 1.82) is 0 Å². The molecule has 1 saturated heterocycles. The van der Waals surface area contributed by atoms with Crippen LogP contribution in [0.15, 0.2) is 53.3 Å². The highest BCUT2D eigenvalue weighted by molar-refractivity contribution is 9.10. The van der Waals surface area contributed by atoms with Crippen LogP contribution in [-0.4, -0.2) is 28.9 Å². The molecule has 1 aliphatic rings. The lowest BCUT2D eigenvalue weighted by atomic mass is 10.1. The van der Waals surface area contributed by atoms with Crippen LogP contribution >= 0.6 is 15.9 Å². The second-order valence-electron chi connectivity index (χ2n) is 4.73. The van der Waals surface area contributed by atoms with E-state index in [1.807, 2.05) is 24.3 Å². The molecule has 5 nitrogen and oxygen atoms in total. The molecule has 1 fully saturated rings. The van der Waals surface area contributed by atoms with Gasteiger partial charge in [0.15, 0.2) is 0 Å². The number of pyridine rings is 1. The van der Waals surface area contributed by atoms with Crippen LogP contribution in [0.25, 0.3) is 0 Å². The van der Waals surface area contributed by atoms with Crippen molar-refractivity contribution in [2.24, 2.45) is 0 Å². The van der Waals surface area contributed by atoms with E-state index < -0.39 is 6.04 Å². The molecule has 1 aliphatic heterocycles. The molecule has 2 heterocycles. The van der Waals surface area contributed by atoms with Crippen LogP contribution in [0.2, 0.25) is 0 Å². The van der Waals surface area contributed by atoms with E-state index in [2.05, 4.69) is 20.9 Å². The van der Waals surface area contributed by atoms with Crippen molar-refractivity contribution in [1.82, 2.24) is 9.88 Å². The molecule has 0 saturated carbocycles. The molecular weight excluding hydrogens is 334 g/mol. The number of halogens is 1.